The number of benzene rings is 1. The molecule has 0 fully saturated rings. The van der Waals surface area contributed by atoms with Crippen LogP contribution >= 0.6 is 0 Å². The summed E-state index contributed by atoms with van der Waals surface area (Å²) < 4.78 is 0. The maximum absolute atomic E-state index is 10.4. The summed E-state index contributed by atoms with van der Waals surface area (Å²) >= 11 is 0. The van der Waals surface area contributed by atoms with Crippen LogP contribution in [-0.2, 0) is 19.3 Å². The SMILES string of the molecule is CCc1cnc(CC)c(NC2c3ccccc3C[C@@H]2O)n1. The molecule has 110 valence electrons. The smallest absolute Gasteiger partial charge is 0.148 e. The number of anilines is 1. The summed E-state index contributed by atoms with van der Waals surface area (Å²) in [4.78, 5) is 9.13. The molecule has 1 aromatic carbocycles. The number of fused-ring (bicyclic) bond motifs is 1. The first-order valence-corrected chi connectivity index (χ1v) is 7.60. The highest BCUT2D eigenvalue weighted by Crippen LogP contribution is 2.34. The molecule has 1 aliphatic rings. The molecule has 1 aliphatic carbocycles. The van der Waals surface area contributed by atoms with Crippen molar-refractivity contribution in [1.29, 1.82) is 0 Å². The van der Waals surface area contributed by atoms with Crippen molar-refractivity contribution in [1.82, 2.24) is 9.97 Å². The number of aliphatic hydroxyl groups is 1. The van der Waals surface area contributed by atoms with Crippen molar-refractivity contribution in [3.05, 3.63) is 53.0 Å². The molecule has 0 amide bonds. The van der Waals surface area contributed by atoms with Crippen molar-refractivity contribution in [2.24, 2.45) is 0 Å². The normalized spacial score (nSPS) is 20.3. The molecule has 1 unspecified atom stereocenters. The van der Waals surface area contributed by atoms with Gasteiger partial charge >= 0.3 is 0 Å². The Hall–Kier alpha value is -1.94. The Morgan fingerprint density at radius 3 is 2.81 bits per heavy atom. The van der Waals surface area contributed by atoms with Crippen LogP contribution in [0, 0.1) is 0 Å². The number of hydrogen-bond acceptors (Lipinski definition) is 4. The van der Waals surface area contributed by atoms with Gasteiger partial charge in [0.05, 0.1) is 23.5 Å². The number of aliphatic hydroxyl groups excluding tert-OH is 1. The molecular formula is C17H21N3O. The third kappa shape index (κ3) is 2.63. The Morgan fingerprint density at radius 1 is 1.24 bits per heavy atom. The number of hydrogen-bond donors (Lipinski definition) is 2. The third-order valence-corrected chi connectivity index (χ3v) is 4.09. The quantitative estimate of drug-likeness (QED) is 0.905. The lowest BCUT2D eigenvalue weighted by molar-refractivity contribution is 0.165. The second-order valence-electron chi connectivity index (χ2n) is 5.46. The molecule has 2 aromatic rings. The van der Waals surface area contributed by atoms with Gasteiger partial charge in [-0.25, -0.2) is 4.98 Å². The molecule has 0 saturated carbocycles. The first-order chi connectivity index (χ1) is 10.2. The summed E-state index contributed by atoms with van der Waals surface area (Å²) in [6.07, 6.45) is 3.79. The second kappa shape index (κ2) is 5.82. The predicted octanol–water partition coefficient (Wildman–Crippen LogP) is 2.67. The van der Waals surface area contributed by atoms with E-state index >= 15 is 0 Å². The number of rotatable bonds is 4. The van der Waals surface area contributed by atoms with Gasteiger partial charge in [-0.15, -0.1) is 0 Å². The first-order valence-electron chi connectivity index (χ1n) is 7.60. The van der Waals surface area contributed by atoms with Crippen molar-refractivity contribution < 1.29 is 5.11 Å². The summed E-state index contributed by atoms with van der Waals surface area (Å²) in [5.74, 6) is 0.803. The Kier molecular flexibility index (Phi) is 3.88. The molecule has 0 radical (unpaired) electrons. The fourth-order valence-corrected chi connectivity index (χ4v) is 2.89. The summed E-state index contributed by atoms with van der Waals surface area (Å²) in [6.45, 7) is 4.14. The Labute approximate surface area is 125 Å². The molecule has 2 atom stereocenters. The molecule has 21 heavy (non-hydrogen) atoms. The van der Waals surface area contributed by atoms with Crippen molar-refractivity contribution in [3.8, 4) is 0 Å². The maximum atomic E-state index is 10.4. The van der Waals surface area contributed by atoms with Crippen LogP contribution in [0.25, 0.3) is 0 Å². The van der Waals surface area contributed by atoms with E-state index in [1.165, 1.54) is 5.56 Å². The Bertz CT molecular complexity index is 642. The summed E-state index contributed by atoms with van der Waals surface area (Å²) in [7, 11) is 0. The molecule has 1 aromatic heterocycles. The monoisotopic (exact) mass is 283 g/mol. The van der Waals surface area contributed by atoms with Crippen LogP contribution in [-0.4, -0.2) is 21.2 Å². The number of aromatic nitrogens is 2. The lowest BCUT2D eigenvalue weighted by atomic mass is 10.1. The first kappa shape index (κ1) is 14.0. The number of nitrogens with one attached hydrogen (secondary N) is 1. The Balaban J connectivity index is 1.93. The van der Waals surface area contributed by atoms with Gasteiger partial charge in [0.15, 0.2) is 0 Å². The fraction of sp³-hybridized carbons (Fsp3) is 0.412. The van der Waals surface area contributed by atoms with Crippen LogP contribution in [0.3, 0.4) is 0 Å². The minimum absolute atomic E-state index is 0.104. The van der Waals surface area contributed by atoms with Gasteiger partial charge in [-0.2, -0.15) is 0 Å². The minimum atomic E-state index is -0.417. The van der Waals surface area contributed by atoms with Crippen molar-refractivity contribution in [2.75, 3.05) is 5.32 Å². The van der Waals surface area contributed by atoms with Gasteiger partial charge in [0.2, 0.25) is 0 Å². The molecule has 4 nitrogen and oxygen atoms in total. The van der Waals surface area contributed by atoms with Crippen LogP contribution in [0.5, 0.6) is 0 Å². The summed E-state index contributed by atoms with van der Waals surface area (Å²) in [6, 6.07) is 8.08. The lowest BCUT2D eigenvalue weighted by Gasteiger charge is -2.20. The van der Waals surface area contributed by atoms with Crippen molar-refractivity contribution in [3.63, 3.8) is 0 Å². The molecule has 1 heterocycles. The topological polar surface area (TPSA) is 58.0 Å². The highest BCUT2D eigenvalue weighted by molar-refractivity contribution is 5.48. The molecule has 2 N–H and O–H groups in total. The van der Waals surface area contributed by atoms with Gasteiger partial charge in [-0.05, 0) is 24.0 Å². The zero-order valence-corrected chi connectivity index (χ0v) is 12.5. The zero-order valence-electron chi connectivity index (χ0n) is 12.5. The molecule has 0 saturated heterocycles. The molecule has 0 spiro atoms. The number of nitrogens with zero attached hydrogens (tertiary/aromatic N) is 2. The van der Waals surface area contributed by atoms with E-state index in [4.69, 9.17) is 0 Å². The fourth-order valence-electron chi connectivity index (χ4n) is 2.89. The molecule has 0 aliphatic heterocycles. The van der Waals surface area contributed by atoms with Gasteiger partial charge in [-0.3, -0.25) is 4.98 Å². The van der Waals surface area contributed by atoms with E-state index in [2.05, 4.69) is 41.3 Å². The average Bonchev–Trinajstić information content (AvgIpc) is 2.83. The van der Waals surface area contributed by atoms with E-state index in [9.17, 15) is 5.11 Å². The van der Waals surface area contributed by atoms with Crippen LogP contribution in [0.2, 0.25) is 0 Å². The van der Waals surface area contributed by atoms with Crippen LogP contribution in [0.4, 0.5) is 5.82 Å². The second-order valence-corrected chi connectivity index (χ2v) is 5.46. The predicted molar refractivity (Wildman–Crippen MR) is 83.3 cm³/mol. The van der Waals surface area contributed by atoms with E-state index in [0.717, 1.165) is 35.6 Å². The molecule has 3 rings (SSSR count). The van der Waals surface area contributed by atoms with Crippen LogP contribution < -0.4 is 5.32 Å². The minimum Gasteiger partial charge on any atom is -0.390 e. The summed E-state index contributed by atoms with van der Waals surface area (Å²) in [5, 5.41) is 13.8. The van der Waals surface area contributed by atoms with Gasteiger partial charge in [0.1, 0.15) is 5.82 Å². The van der Waals surface area contributed by atoms with E-state index in [-0.39, 0.29) is 6.04 Å². The highest BCUT2D eigenvalue weighted by atomic mass is 16.3. The third-order valence-electron chi connectivity index (χ3n) is 4.09. The van der Waals surface area contributed by atoms with Gasteiger partial charge in [0.25, 0.3) is 0 Å². The van der Waals surface area contributed by atoms with E-state index in [1.807, 2.05) is 18.3 Å². The Morgan fingerprint density at radius 2 is 2.05 bits per heavy atom. The maximum Gasteiger partial charge on any atom is 0.148 e. The molecular weight excluding hydrogens is 262 g/mol. The average molecular weight is 283 g/mol. The van der Waals surface area contributed by atoms with Gasteiger partial charge in [-0.1, -0.05) is 38.1 Å². The van der Waals surface area contributed by atoms with E-state index < -0.39 is 6.10 Å². The lowest BCUT2D eigenvalue weighted by Crippen LogP contribution is -2.23. The highest BCUT2D eigenvalue weighted by Gasteiger charge is 2.31. The van der Waals surface area contributed by atoms with E-state index in [0.29, 0.717) is 6.42 Å². The summed E-state index contributed by atoms with van der Waals surface area (Å²) in [5.41, 5.74) is 4.29. The van der Waals surface area contributed by atoms with Crippen LogP contribution in [0.1, 0.15) is 42.4 Å². The largest absolute Gasteiger partial charge is 0.390 e. The molecule has 0 bridgehead atoms. The van der Waals surface area contributed by atoms with Crippen molar-refractivity contribution in [2.45, 2.75) is 45.3 Å². The van der Waals surface area contributed by atoms with Gasteiger partial charge in [0, 0.05) is 12.6 Å². The zero-order chi connectivity index (χ0) is 14.8. The van der Waals surface area contributed by atoms with Gasteiger partial charge < -0.3 is 10.4 Å². The standard InChI is InChI=1S/C17H21N3O/c1-3-12-10-18-14(4-2)17(19-12)20-16-13-8-6-5-7-11(13)9-15(16)21/h5-8,10,15-16,21H,3-4,9H2,1-2H3,(H,19,20)/t15-,16?/m0/s1. The van der Waals surface area contributed by atoms with Crippen LogP contribution in [0.15, 0.2) is 30.5 Å². The van der Waals surface area contributed by atoms with Crippen molar-refractivity contribution >= 4 is 5.82 Å². The molecule has 4 heteroatoms. The van der Waals surface area contributed by atoms with E-state index in [1.54, 1.807) is 0 Å². The number of aryl methyl sites for hydroxylation is 2.